The van der Waals surface area contributed by atoms with E-state index in [1.54, 1.807) is 6.07 Å². The van der Waals surface area contributed by atoms with Crippen molar-refractivity contribution in [2.24, 2.45) is 0 Å². The molecule has 0 unspecified atom stereocenters. The fourth-order valence-electron chi connectivity index (χ4n) is 2.87. The summed E-state index contributed by atoms with van der Waals surface area (Å²) in [5, 5.41) is 3.21. The van der Waals surface area contributed by atoms with Gasteiger partial charge in [0.25, 0.3) is 0 Å². The van der Waals surface area contributed by atoms with Gasteiger partial charge in [0.05, 0.1) is 11.6 Å². The van der Waals surface area contributed by atoms with Crippen molar-refractivity contribution in [1.82, 2.24) is 5.32 Å². The highest BCUT2D eigenvalue weighted by molar-refractivity contribution is 6.31. The molecule has 5 heteroatoms. The average molecular weight is 328 g/mol. The third-order valence-electron chi connectivity index (χ3n) is 4.06. The van der Waals surface area contributed by atoms with Crippen molar-refractivity contribution in [2.45, 2.75) is 57.6 Å². The maximum atomic E-state index is 13.1. The summed E-state index contributed by atoms with van der Waals surface area (Å²) in [5.74, 6) is -0.576. The van der Waals surface area contributed by atoms with E-state index in [2.05, 4.69) is 5.32 Å². The summed E-state index contributed by atoms with van der Waals surface area (Å²) in [7, 11) is 0. The van der Waals surface area contributed by atoms with Crippen LogP contribution in [0.5, 0.6) is 0 Å². The lowest BCUT2D eigenvalue weighted by Crippen LogP contribution is -2.43. The van der Waals surface area contributed by atoms with Crippen molar-refractivity contribution in [1.29, 1.82) is 0 Å². The van der Waals surface area contributed by atoms with Gasteiger partial charge in [-0.15, -0.1) is 0 Å². The molecule has 0 aliphatic heterocycles. The molecule has 122 valence electrons. The van der Waals surface area contributed by atoms with Crippen molar-refractivity contribution in [3.8, 4) is 0 Å². The predicted molar refractivity (Wildman–Crippen MR) is 85.4 cm³/mol. The Bertz CT molecular complexity index is 527. The average Bonchev–Trinajstić information content (AvgIpc) is 2.45. The van der Waals surface area contributed by atoms with Crippen LogP contribution in [0.4, 0.5) is 4.39 Å². The van der Waals surface area contributed by atoms with Gasteiger partial charge in [-0.25, -0.2) is 4.39 Å². The van der Waals surface area contributed by atoms with Gasteiger partial charge in [0.1, 0.15) is 12.4 Å². The molecule has 1 N–H and O–H groups in total. The van der Waals surface area contributed by atoms with Crippen molar-refractivity contribution < 1.29 is 13.9 Å². The minimum Gasteiger partial charge on any atom is -0.368 e. The SMILES string of the molecule is CC(C)(NC(=O)COC1CCCCC1)c1ccc(F)cc1Cl. The van der Waals surface area contributed by atoms with E-state index in [-0.39, 0.29) is 18.6 Å². The maximum Gasteiger partial charge on any atom is 0.246 e. The Balaban J connectivity index is 1.91. The van der Waals surface area contributed by atoms with Gasteiger partial charge in [-0.3, -0.25) is 4.79 Å². The topological polar surface area (TPSA) is 38.3 Å². The van der Waals surface area contributed by atoms with Crippen LogP contribution in [-0.2, 0) is 15.1 Å². The van der Waals surface area contributed by atoms with Gasteiger partial charge in [-0.05, 0) is 44.4 Å². The highest BCUT2D eigenvalue weighted by Crippen LogP contribution is 2.28. The third kappa shape index (κ3) is 4.68. The molecule has 0 radical (unpaired) electrons. The molecular weight excluding hydrogens is 305 g/mol. The number of ether oxygens (including phenoxy) is 1. The molecule has 0 heterocycles. The van der Waals surface area contributed by atoms with E-state index < -0.39 is 11.4 Å². The Labute approximate surface area is 136 Å². The van der Waals surface area contributed by atoms with Crippen LogP contribution >= 0.6 is 11.6 Å². The van der Waals surface area contributed by atoms with Crippen molar-refractivity contribution >= 4 is 17.5 Å². The van der Waals surface area contributed by atoms with E-state index in [1.807, 2.05) is 13.8 Å². The van der Waals surface area contributed by atoms with Crippen LogP contribution in [-0.4, -0.2) is 18.6 Å². The summed E-state index contributed by atoms with van der Waals surface area (Å²) in [6.45, 7) is 3.72. The highest BCUT2D eigenvalue weighted by Gasteiger charge is 2.26. The molecule has 0 aromatic heterocycles. The molecule has 1 aliphatic rings. The smallest absolute Gasteiger partial charge is 0.246 e. The van der Waals surface area contributed by atoms with Crippen LogP contribution in [0.15, 0.2) is 18.2 Å². The van der Waals surface area contributed by atoms with Crippen LogP contribution in [0, 0.1) is 5.82 Å². The van der Waals surface area contributed by atoms with E-state index in [4.69, 9.17) is 16.3 Å². The Morgan fingerprint density at radius 3 is 2.68 bits per heavy atom. The van der Waals surface area contributed by atoms with E-state index in [0.29, 0.717) is 10.6 Å². The van der Waals surface area contributed by atoms with Crippen LogP contribution in [0.25, 0.3) is 0 Å². The largest absolute Gasteiger partial charge is 0.368 e. The van der Waals surface area contributed by atoms with E-state index in [1.165, 1.54) is 31.4 Å². The summed E-state index contributed by atoms with van der Waals surface area (Å²) in [6.07, 6.45) is 5.84. The number of benzene rings is 1. The van der Waals surface area contributed by atoms with Crippen molar-refractivity contribution in [3.63, 3.8) is 0 Å². The molecular formula is C17H23ClFNO2. The molecule has 1 amide bonds. The molecule has 1 aromatic carbocycles. The Hall–Kier alpha value is -1.13. The zero-order chi connectivity index (χ0) is 16.2. The molecule has 2 rings (SSSR count). The van der Waals surface area contributed by atoms with E-state index in [0.717, 1.165) is 12.8 Å². The number of carbonyl (C=O) groups excluding carboxylic acids is 1. The second-order valence-electron chi connectivity index (χ2n) is 6.37. The van der Waals surface area contributed by atoms with Crippen LogP contribution in [0.2, 0.25) is 5.02 Å². The number of hydrogen-bond donors (Lipinski definition) is 1. The van der Waals surface area contributed by atoms with Gasteiger partial charge in [0, 0.05) is 5.02 Å². The molecule has 1 aromatic rings. The first-order valence-corrected chi connectivity index (χ1v) is 8.14. The monoisotopic (exact) mass is 327 g/mol. The molecule has 1 fully saturated rings. The molecule has 22 heavy (non-hydrogen) atoms. The number of halogens is 2. The first-order chi connectivity index (χ1) is 10.4. The quantitative estimate of drug-likeness (QED) is 0.881. The number of rotatable bonds is 5. The summed E-state index contributed by atoms with van der Waals surface area (Å²) in [4.78, 5) is 12.1. The molecule has 3 nitrogen and oxygen atoms in total. The second-order valence-corrected chi connectivity index (χ2v) is 6.78. The fraction of sp³-hybridized carbons (Fsp3) is 0.588. The first-order valence-electron chi connectivity index (χ1n) is 7.76. The standard InChI is InChI=1S/C17H23ClFNO2/c1-17(2,14-9-8-12(19)10-15(14)18)20-16(21)11-22-13-6-4-3-5-7-13/h8-10,13H,3-7,11H2,1-2H3,(H,20,21). The number of carbonyl (C=O) groups is 1. The number of amides is 1. The molecule has 1 aliphatic carbocycles. The predicted octanol–water partition coefficient (Wildman–Crippen LogP) is 4.18. The normalized spacial score (nSPS) is 16.5. The van der Waals surface area contributed by atoms with Crippen LogP contribution in [0.3, 0.4) is 0 Å². The second kappa shape index (κ2) is 7.42. The van der Waals surface area contributed by atoms with Gasteiger partial charge >= 0.3 is 0 Å². The molecule has 1 saturated carbocycles. The number of nitrogens with one attached hydrogen (secondary N) is 1. The van der Waals surface area contributed by atoms with Gasteiger partial charge < -0.3 is 10.1 Å². The first kappa shape index (κ1) is 17.2. The van der Waals surface area contributed by atoms with Crippen LogP contribution < -0.4 is 5.32 Å². The zero-order valence-corrected chi connectivity index (χ0v) is 13.9. The van der Waals surface area contributed by atoms with E-state index in [9.17, 15) is 9.18 Å². The Morgan fingerprint density at radius 2 is 2.05 bits per heavy atom. The summed E-state index contributed by atoms with van der Waals surface area (Å²) < 4.78 is 18.8. The van der Waals surface area contributed by atoms with Gasteiger partial charge in [0.2, 0.25) is 5.91 Å². The maximum absolute atomic E-state index is 13.1. The van der Waals surface area contributed by atoms with Crippen LogP contribution in [0.1, 0.15) is 51.5 Å². The summed E-state index contributed by atoms with van der Waals surface area (Å²) >= 11 is 6.07. The minimum absolute atomic E-state index is 0.0485. The molecule has 0 atom stereocenters. The van der Waals surface area contributed by atoms with Crippen molar-refractivity contribution in [3.05, 3.63) is 34.6 Å². The third-order valence-corrected chi connectivity index (χ3v) is 4.37. The van der Waals surface area contributed by atoms with Gasteiger partial charge in [-0.2, -0.15) is 0 Å². The number of hydrogen-bond acceptors (Lipinski definition) is 2. The lowest BCUT2D eigenvalue weighted by Gasteiger charge is -2.29. The molecule has 0 bridgehead atoms. The lowest BCUT2D eigenvalue weighted by molar-refractivity contribution is -0.130. The minimum atomic E-state index is -0.683. The lowest BCUT2D eigenvalue weighted by atomic mass is 9.94. The molecule has 0 saturated heterocycles. The Kier molecular flexibility index (Phi) is 5.81. The fourth-order valence-corrected chi connectivity index (χ4v) is 3.28. The van der Waals surface area contributed by atoms with Gasteiger partial charge in [0.15, 0.2) is 0 Å². The van der Waals surface area contributed by atoms with Crippen molar-refractivity contribution in [2.75, 3.05) is 6.61 Å². The zero-order valence-electron chi connectivity index (χ0n) is 13.1. The summed E-state index contributed by atoms with van der Waals surface area (Å²) in [5.41, 5.74) is -0.000725. The van der Waals surface area contributed by atoms with E-state index >= 15 is 0 Å². The summed E-state index contributed by atoms with van der Waals surface area (Å²) in [6, 6.07) is 4.19. The van der Waals surface area contributed by atoms with Gasteiger partial charge in [-0.1, -0.05) is 36.9 Å². The Morgan fingerprint density at radius 1 is 1.36 bits per heavy atom. The highest BCUT2D eigenvalue weighted by atomic mass is 35.5. The molecule has 0 spiro atoms.